The number of nitro groups is 1. The maximum atomic E-state index is 13.1. The highest BCUT2D eigenvalue weighted by Gasteiger charge is 2.37. The summed E-state index contributed by atoms with van der Waals surface area (Å²) in [5.74, 6) is -0.639. The average Bonchev–Trinajstić information content (AvgIpc) is 3.47. The predicted octanol–water partition coefficient (Wildman–Crippen LogP) is 3.63. The number of rotatable bonds is 5. The number of nitrogens with zero attached hydrogens (tertiary/aromatic N) is 3. The van der Waals surface area contributed by atoms with Gasteiger partial charge in [-0.2, -0.15) is 5.26 Å². The number of hydrogen-bond acceptors (Lipinski definition) is 7. The Bertz CT molecular complexity index is 1210. The number of hydrogen-bond donors (Lipinski definition) is 0. The van der Waals surface area contributed by atoms with Crippen molar-refractivity contribution in [1.82, 2.24) is 4.90 Å². The molecule has 4 rings (SSSR count). The zero-order valence-corrected chi connectivity index (χ0v) is 17.2. The van der Waals surface area contributed by atoms with Crippen molar-refractivity contribution in [2.75, 3.05) is 13.2 Å². The van der Waals surface area contributed by atoms with E-state index in [9.17, 15) is 25.0 Å². The molecule has 9 heteroatoms. The van der Waals surface area contributed by atoms with Crippen LogP contribution in [-0.2, 0) is 14.3 Å². The van der Waals surface area contributed by atoms with Gasteiger partial charge >= 0.3 is 0 Å². The molecule has 2 aliphatic heterocycles. The Kier molecular flexibility index (Phi) is 5.71. The van der Waals surface area contributed by atoms with E-state index in [1.165, 1.54) is 19.1 Å². The molecule has 32 heavy (non-hydrogen) atoms. The standard InChI is InChI=1S/C23H19N3O6/c1-14-18(22(27)25(23(28)19(14)12-24)13-16-5-4-10-31-16)11-15-8-9-21(32-15)17-6-2-3-7-20(17)26(29)30/h2-3,6-9,11,16H,4-5,10,13H2,1H3/b18-11+. The molecule has 0 bridgehead atoms. The van der Waals surface area contributed by atoms with Crippen LogP contribution in [0, 0.1) is 21.4 Å². The molecule has 1 fully saturated rings. The Morgan fingerprint density at radius 1 is 1.25 bits per heavy atom. The molecule has 3 heterocycles. The highest BCUT2D eigenvalue weighted by Crippen LogP contribution is 2.33. The Balaban J connectivity index is 1.71. The largest absolute Gasteiger partial charge is 0.456 e. The minimum Gasteiger partial charge on any atom is -0.456 e. The molecule has 2 aliphatic rings. The molecule has 162 valence electrons. The van der Waals surface area contributed by atoms with Crippen molar-refractivity contribution in [2.24, 2.45) is 0 Å². The fourth-order valence-electron chi connectivity index (χ4n) is 3.85. The van der Waals surface area contributed by atoms with Gasteiger partial charge in [0.15, 0.2) is 0 Å². The van der Waals surface area contributed by atoms with Crippen LogP contribution in [0.15, 0.2) is 57.5 Å². The van der Waals surface area contributed by atoms with Crippen molar-refractivity contribution in [3.63, 3.8) is 0 Å². The summed E-state index contributed by atoms with van der Waals surface area (Å²) < 4.78 is 11.3. The first-order chi connectivity index (χ1) is 15.4. The van der Waals surface area contributed by atoms with Gasteiger partial charge in [-0.3, -0.25) is 24.6 Å². The Morgan fingerprint density at radius 3 is 2.72 bits per heavy atom. The molecule has 1 saturated heterocycles. The van der Waals surface area contributed by atoms with Gasteiger partial charge in [-0.05, 0) is 49.6 Å². The van der Waals surface area contributed by atoms with Gasteiger partial charge < -0.3 is 9.15 Å². The van der Waals surface area contributed by atoms with E-state index < -0.39 is 16.7 Å². The summed E-state index contributed by atoms with van der Waals surface area (Å²) in [6, 6.07) is 11.2. The minimum absolute atomic E-state index is 0.0765. The Hall–Kier alpha value is -4.03. The second-order valence-electron chi connectivity index (χ2n) is 7.50. The first-order valence-corrected chi connectivity index (χ1v) is 10.0. The van der Waals surface area contributed by atoms with Crippen molar-refractivity contribution in [3.05, 3.63) is 69.0 Å². The lowest BCUT2D eigenvalue weighted by molar-refractivity contribution is -0.384. The van der Waals surface area contributed by atoms with Crippen LogP contribution in [0.5, 0.6) is 0 Å². The molecule has 1 atom stereocenters. The normalized spacial score (nSPS) is 20.2. The molecule has 0 radical (unpaired) electrons. The number of nitriles is 1. The van der Waals surface area contributed by atoms with Gasteiger partial charge in [0.25, 0.3) is 17.5 Å². The summed E-state index contributed by atoms with van der Waals surface area (Å²) in [5, 5.41) is 20.8. The van der Waals surface area contributed by atoms with Crippen LogP contribution in [0.3, 0.4) is 0 Å². The zero-order chi connectivity index (χ0) is 22.8. The fourth-order valence-corrected chi connectivity index (χ4v) is 3.85. The average molecular weight is 433 g/mol. The van der Waals surface area contributed by atoms with Crippen LogP contribution in [0.1, 0.15) is 25.5 Å². The van der Waals surface area contributed by atoms with Crippen LogP contribution in [-0.4, -0.2) is 40.9 Å². The van der Waals surface area contributed by atoms with E-state index in [0.29, 0.717) is 12.2 Å². The fraction of sp³-hybridized carbons (Fsp3) is 0.261. The van der Waals surface area contributed by atoms with Gasteiger partial charge in [0.1, 0.15) is 23.2 Å². The van der Waals surface area contributed by atoms with E-state index in [0.717, 1.165) is 17.7 Å². The van der Waals surface area contributed by atoms with E-state index in [1.807, 2.05) is 6.07 Å². The first kappa shape index (κ1) is 21.2. The smallest absolute Gasteiger partial charge is 0.280 e. The number of ether oxygens (including phenoxy) is 1. The van der Waals surface area contributed by atoms with E-state index in [1.54, 1.807) is 30.3 Å². The summed E-state index contributed by atoms with van der Waals surface area (Å²) >= 11 is 0. The molecule has 9 nitrogen and oxygen atoms in total. The Labute approximate surface area is 183 Å². The van der Waals surface area contributed by atoms with Gasteiger partial charge in [-0.25, -0.2) is 0 Å². The molecule has 1 aromatic carbocycles. The van der Waals surface area contributed by atoms with Crippen LogP contribution >= 0.6 is 0 Å². The highest BCUT2D eigenvalue weighted by atomic mass is 16.6. The van der Waals surface area contributed by atoms with E-state index in [4.69, 9.17) is 9.15 Å². The summed E-state index contributed by atoms with van der Waals surface area (Å²) in [7, 11) is 0. The number of imide groups is 1. The molecule has 0 spiro atoms. The quantitative estimate of drug-likeness (QED) is 0.305. The Morgan fingerprint density at radius 2 is 2.03 bits per heavy atom. The number of amides is 2. The minimum atomic E-state index is -0.636. The third-order valence-electron chi connectivity index (χ3n) is 5.52. The third kappa shape index (κ3) is 3.84. The van der Waals surface area contributed by atoms with Crippen LogP contribution in [0.2, 0.25) is 0 Å². The number of para-hydroxylation sites is 1. The lowest BCUT2D eigenvalue weighted by Crippen LogP contribution is -2.46. The molecular formula is C23H19N3O6. The van der Waals surface area contributed by atoms with Crippen LogP contribution in [0.25, 0.3) is 17.4 Å². The van der Waals surface area contributed by atoms with Gasteiger partial charge in [0.2, 0.25) is 0 Å². The van der Waals surface area contributed by atoms with Gasteiger partial charge in [-0.15, -0.1) is 0 Å². The molecule has 2 amide bonds. The topological polar surface area (TPSA) is 127 Å². The predicted molar refractivity (Wildman–Crippen MR) is 113 cm³/mol. The van der Waals surface area contributed by atoms with Crippen molar-refractivity contribution < 1.29 is 23.7 Å². The lowest BCUT2D eigenvalue weighted by Gasteiger charge is -2.29. The molecule has 2 aromatic rings. The maximum absolute atomic E-state index is 13.1. The van der Waals surface area contributed by atoms with Crippen molar-refractivity contribution >= 4 is 23.6 Å². The zero-order valence-electron chi connectivity index (χ0n) is 17.2. The van der Waals surface area contributed by atoms with Crippen LogP contribution in [0.4, 0.5) is 5.69 Å². The molecular weight excluding hydrogens is 414 g/mol. The SMILES string of the molecule is CC1=C(C#N)C(=O)N(CC2CCCO2)C(=O)/C1=C/c1ccc(-c2ccccc2[N+](=O)[O-])o1. The number of benzene rings is 1. The van der Waals surface area contributed by atoms with Gasteiger partial charge in [0.05, 0.1) is 23.1 Å². The molecule has 0 saturated carbocycles. The number of furan rings is 1. The highest BCUT2D eigenvalue weighted by molar-refractivity contribution is 6.19. The first-order valence-electron chi connectivity index (χ1n) is 10.0. The summed E-state index contributed by atoms with van der Waals surface area (Å²) in [4.78, 5) is 37.7. The van der Waals surface area contributed by atoms with E-state index in [2.05, 4.69) is 0 Å². The molecule has 1 aromatic heterocycles. The second kappa shape index (κ2) is 8.61. The van der Waals surface area contributed by atoms with Gasteiger partial charge in [-0.1, -0.05) is 12.1 Å². The molecule has 0 aliphatic carbocycles. The van der Waals surface area contributed by atoms with Crippen molar-refractivity contribution in [3.8, 4) is 17.4 Å². The second-order valence-corrected chi connectivity index (χ2v) is 7.50. The van der Waals surface area contributed by atoms with Gasteiger partial charge in [0, 0.05) is 18.2 Å². The molecule has 1 unspecified atom stereocenters. The van der Waals surface area contributed by atoms with E-state index in [-0.39, 0.29) is 46.6 Å². The van der Waals surface area contributed by atoms with E-state index >= 15 is 0 Å². The maximum Gasteiger partial charge on any atom is 0.280 e. The monoisotopic (exact) mass is 433 g/mol. The summed E-state index contributed by atoms with van der Waals surface area (Å²) in [6.45, 7) is 2.19. The number of nitro benzene ring substituents is 1. The number of carbonyl (C=O) groups is 2. The van der Waals surface area contributed by atoms with Crippen LogP contribution < -0.4 is 0 Å². The lowest BCUT2D eigenvalue weighted by atomic mass is 9.94. The van der Waals surface area contributed by atoms with Crippen molar-refractivity contribution in [1.29, 1.82) is 5.26 Å². The molecule has 0 N–H and O–H groups in total. The summed E-state index contributed by atoms with van der Waals surface area (Å²) in [5.41, 5.74) is 0.500. The summed E-state index contributed by atoms with van der Waals surface area (Å²) in [6.07, 6.45) is 2.78. The number of carbonyl (C=O) groups excluding carboxylic acids is 2. The van der Waals surface area contributed by atoms with Crippen molar-refractivity contribution in [2.45, 2.75) is 25.9 Å². The third-order valence-corrected chi connectivity index (χ3v) is 5.52.